The molecule has 0 spiro atoms. The highest BCUT2D eigenvalue weighted by atomic mass is 35.5. The lowest BCUT2D eigenvalue weighted by atomic mass is 10.0. The van der Waals surface area contributed by atoms with Crippen LogP contribution in [0.4, 0.5) is 0 Å². The fourth-order valence-corrected chi connectivity index (χ4v) is 3.00. The molecule has 21 heavy (non-hydrogen) atoms. The first-order valence-electron chi connectivity index (χ1n) is 6.37. The fourth-order valence-electron chi connectivity index (χ4n) is 2.75. The Labute approximate surface area is 125 Å². The Morgan fingerprint density at radius 2 is 1.95 bits per heavy atom. The Bertz CT molecular complexity index is 922. The topological polar surface area (TPSA) is 52.1 Å². The number of nitrogens with zero attached hydrogens (tertiary/aromatic N) is 2. The number of hydrogen-bond donors (Lipinski definition) is 0. The van der Waals surface area contributed by atoms with Crippen molar-refractivity contribution in [3.63, 3.8) is 0 Å². The van der Waals surface area contributed by atoms with Crippen molar-refractivity contribution in [2.75, 3.05) is 7.11 Å². The maximum atomic E-state index is 12.5. The minimum Gasteiger partial charge on any atom is -0.497 e. The average Bonchev–Trinajstić information content (AvgIpc) is 2.81. The molecule has 0 saturated carbocycles. The van der Waals surface area contributed by atoms with Gasteiger partial charge in [0.15, 0.2) is 5.78 Å². The normalized spacial score (nSPS) is 12.4. The number of fused-ring (bicyclic) bond motifs is 5. The number of ether oxygens (including phenoxy) is 1. The number of methoxy groups -OCH3 is 1. The molecule has 0 bridgehead atoms. The van der Waals surface area contributed by atoms with Crippen molar-refractivity contribution in [2.24, 2.45) is 0 Å². The van der Waals surface area contributed by atoms with Crippen molar-refractivity contribution in [3.8, 4) is 16.9 Å². The van der Waals surface area contributed by atoms with Gasteiger partial charge in [0.1, 0.15) is 10.9 Å². The summed E-state index contributed by atoms with van der Waals surface area (Å²) in [6.45, 7) is 0. The van der Waals surface area contributed by atoms with E-state index in [1.807, 2.05) is 18.2 Å². The summed E-state index contributed by atoms with van der Waals surface area (Å²) in [5, 5.41) is 1.21. The largest absolute Gasteiger partial charge is 0.497 e. The summed E-state index contributed by atoms with van der Waals surface area (Å²) in [5.74, 6) is 0.659. The zero-order chi connectivity index (χ0) is 14.6. The lowest BCUT2D eigenvalue weighted by Crippen LogP contribution is -1.96. The van der Waals surface area contributed by atoms with Gasteiger partial charge >= 0.3 is 0 Å². The number of rotatable bonds is 1. The van der Waals surface area contributed by atoms with E-state index >= 15 is 0 Å². The van der Waals surface area contributed by atoms with Crippen LogP contribution in [-0.4, -0.2) is 22.9 Å². The van der Waals surface area contributed by atoms with Gasteiger partial charge in [-0.2, -0.15) is 0 Å². The molecular weight excluding hydrogens is 288 g/mol. The van der Waals surface area contributed by atoms with E-state index in [0.717, 1.165) is 22.2 Å². The second-order valence-corrected chi connectivity index (χ2v) is 5.14. The maximum Gasteiger partial charge on any atom is 0.196 e. The Morgan fingerprint density at radius 3 is 2.76 bits per heavy atom. The molecule has 1 aromatic carbocycles. The second kappa shape index (κ2) is 4.27. The van der Waals surface area contributed by atoms with Gasteiger partial charge < -0.3 is 4.74 Å². The molecule has 102 valence electrons. The van der Waals surface area contributed by atoms with Gasteiger partial charge in [0.05, 0.1) is 12.6 Å². The maximum absolute atomic E-state index is 12.5. The summed E-state index contributed by atoms with van der Waals surface area (Å²) >= 11 is 6.21. The Kier molecular flexibility index (Phi) is 2.50. The van der Waals surface area contributed by atoms with Gasteiger partial charge in [0.2, 0.25) is 0 Å². The number of benzene rings is 1. The molecule has 0 saturated heterocycles. The Morgan fingerprint density at radius 1 is 1.10 bits per heavy atom. The average molecular weight is 297 g/mol. The molecule has 0 unspecified atom stereocenters. The minimum absolute atomic E-state index is 0.0606. The van der Waals surface area contributed by atoms with Crippen LogP contribution in [0.25, 0.3) is 22.0 Å². The predicted octanol–water partition coefficient (Wildman–Crippen LogP) is 3.50. The monoisotopic (exact) mass is 296 g/mol. The third-order valence-electron chi connectivity index (χ3n) is 3.72. The van der Waals surface area contributed by atoms with E-state index < -0.39 is 0 Å². The molecule has 4 rings (SSSR count). The van der Waals surface area contributed by atoms with Crippen molar-refractivity contribution in [1.29, 1.82) is 0 Å². The van der Waals surface area contributed by atoms with Crippen molar-refractivity contribution < 1.29 is 9.53 Å². The van der Waals surface area contributed by atoms with Crippen molar-refractivity contribution in [1.82, 2.24) is 9.97 Å². The van der Waals surface area contributed by atoms with Gasteiger partial charge in [0, 0.05) is 46.1 Å². The first-order valence-corrected chi connectivity index (χ1v) is 6.75. The molecule has 4 nitrogen and oxygen atoms in total. The zero-order valence-corrected chi connectivity index (χ0v) is 11.8. The van der Waals surface area contributed by atoms with E-state index in [4.69, 9.17) is 16.3 Å². The van der Waals surface area contributed by atoms with Crippen LogP contribution in [0.15, 0.2) is 36.7 Å². The van der Waals surface area contributed by atoms with E-state index in [0.29, 0.717) is 21.8 Å². The number of carbonyl (C=O) groups is 1. The number of hydrogen-bond acceptors (Lipinski definition) is 4. The molecule has 3 aromatic rings. The first-order chi connectivity index (χ1) is 10.2. The van der Waals surface area contributed by atoms with Crippen LogP contribution in [0.1, 0.15) is 15.9 Å². The highest BCUT2D eigenvalue weighted by Gasteiger charge is 2.31. The van der Waals surface area contributed by atoms with Gasteiger partial charge in [-0.25, -0.2) is 4.98 Å². The van der Waals surface area contributed by atoms with Crippen LogP contribution < -0.4 is 4.74 Å². The molecule has 0 atom stereocenters. The predicted molar refractivity (Wildman–Crippen MR) is 80.0 cm³/mol. The lowest BCUT2D eigenvalue weighted by molar-refractivity contribution is 0.104. The summed E-state index contributed by atoms with van der Waals surface area (Å²) in [6.07, 6.45) is 3.14. The summed E-state index contributed by atoms with van der Waals surface area (Å²) in [7, 11) is 1.61. The molecule has 0 aliphatic heterocycles. The molecule has 5 heteroatoms. The van der Waals surface area contributed by atoms with Gasteiger partial charge in [-0.1, -0.05) is 11.6 Å². The van der Waals surface area contributed by atoms with Gasteiger partial charge in [-0.05, 0) is 18.2 Å². The summed E-state index contributed by atoms with van der Waals surface area (Å²) in [5.41, 5.74) is 3.40. The van der Waals surface area contributed by atoms with Crippen LogP contribution >= 0.6 is 11.6 Å². The second-order valence-electron chi connectivity index (χ2n) is 4.78. The van der Waals surface area contributed by atoms with E-state index in [1.165, 1.54) is 0 Å². The minimum atomic E-state index is -0.0606. The smallest absolute Gasteiger partial charge is 0.196 e. The first kappa shape index (κ1) is 12.3. The van der Waals surface area contributed by atoms with Crippen LogP contribution in [0.3, 0.4) is 0 Å². The van der Waals surface area contributed by atoms with Gasteiger partial charge in [-0.15, -0.1) is 0 Å². The number of halogens is 1. The Hall–Kier alpha value is -2.46. The highest BCUT2D eigenvalue weighted by molar-refractivity contribution is 6.37. The molecule has 0 radical (unpaired) electrons. The van der Waals surface area contributed by atoms with Crippen molar-refractivity contribution >= 4 is 28.3 Å². The van der Waals surface area contributed by atoms with Gasteiger partial charge in [-0.3, -0.25) is 9.78 Å². The molecule has 0 amide bonds. The molecule has 1 aliphatic rings. The fraction of sp³-hybridized carbons (Fsp3) is 0.0625. The summed E-state index contributed by atoms with van der Waals surface area (Å²) < 4.78 is 5.21. The number of ketones is 1. The molecular formula is C16H9ClN2O2. The third-order valence-corrected chi connectivity index (χ3v) is 4.01. The van der Waals surface area contributed by atoms with Crippen molar-refractivity contribution in [3.05, 3.63) is 52.9 Å². The lowest BCUT2D eigenvalue weighted by Gasteiger charge is -2.07. The zero-order valence-electron chi connectivity index (χ0n) is 11.1. The van der Waals surface area contributed by atoms with E-state index in [2.05, 4.69) is 9.97 Å². The van der Waals surface area contributed by atoms with Crippen LogP contribution in [0.5, 0.6) is 5.75 Å². The highest BCUT2D eigenvalue weighted by Crippen LogP contribution is 2.43. The van der Waals surface area contributed by atoms with Gasteiger partial charge in [0.25, 0.3) is 0 Å². The number of carbonyl (C=O) groups excluding carboxylic acids is 1. The molecule has 0 fully saturated rings. The third kappa shape index (κ3) is 1.59. The van der Waals surface area contributed by atoms with E-state index in [-0.39, 0.29) is 5.78 Å². The standard InChI is InChI=1S/C16H9ClN2O2/c1-21-8-2-3-9-12(6-8)19-7-11-13(9)14-10(15(11)20)4-5-18-16(14)17/h2-7H,1H3. The summed E-state index contributed by atoms with van der Waals surface area (Å²) in [6, 6.07) is 7.27. The molecule has 1 aliphatic carbocycles. The van der Waals surface area contributed by atoms with E-state index in [1.54, 1.807) is 25.6 Å². The molecule has 0 N–H and O–H groups in total. The van der Waals surface area contributed by atoms with Crippen LogP contribution in [0.2, 0.25) is 5.15 Å². The van der Waals surface area contributed by atoms with Crippen molar-refractivity contribution in [2.45, 2.75) is 0 Å². The van der Waals surface area contributed by atoms with E-state index in [9.17, 15) is 4.79 Å². The quantitative estimate of drug-likeness (QED) is 0.504. The van der Waals surface area contributed by atoms with Crippen LogP contribution in [-0.2, 0) is 0 Å². The summed E-state index contributed by atoms with van der Waals surface area (Å²) in [4.78, 5) is 20.9. The van der Waals surface area contributed by atoms with Crippen LogP contribution in [0, 0.1) is 0 Å². The SMILES string of the molecule is COc1ccc2c3c(cnc2c1)C(=O)c1ccnc(Cl)c1-3. The number of pyridine rings is 2. The Balaban J connectivity index is 2.14. The molecule has 2 heterocycles. The number of aromatic nitrogens is 2. The molecule has 2 aromatic heterocycles.